The summed E-state index contributed by atoms with van der Waals surface area (Å²) in [5, 5.41) is 21.6. The molecule has 0 radical (unpaired) electrons. The molecule has 2 aliphatic heterocycles. The van der Waals surface area contributed by atoms with Crippen LogP contribution < -0.4 is 0 Å². The largest absolute Gasteiger partial charge is 0.507 e. The van der Waals surface area contributed by atoms with Crippen LogP contribution in [-0.2, 0) is 14.3 Å². The molecule has 2 aliphatic rings. The predicted molar refractivity (Wildman–Crippen MR) is 123 cm³/mol. The molecule has 0 spiro atoms. The Morgan fingerprint density at radius 1 is 1.15 bits per heavy atom. The number of hydrogen-bond donors (Lipinski definition) is 2. The fourth-order valence-corrected chi connectivity index (χ4v) is 4.42. The van der Waals surface area contributed by atoms with E-state index in [-0.39, 0.29) is 22.6 Å². The van der Waals surface area contributed by atoms with Crippen LogP contribution in [0.3, 0.4) is 0 Å². The quantitative estimate of drug-likeness (QED) is 0.395. The van der Waals surface area contributed by atoms with Crippen molar-refractivity contribution in [2.24, 2.45) is 0 Å². The first kappa shape index (κ1) is 22.9. The summed E-state index contributed by atoms with van der Waals surface area (Å²) in [4.78, 5) is 34.1. The number of ether oxygens (including phenoxy) is 1. The zero-order chi connectivity index (χ0) is 23.5. The number of morpholine rings is 1. The van der Waals surface area contributed by atoms with Crippen LogP contribution in [0, 0.1) is 13.8 Å². The van der Waals surface area contributed by atoms with Gasteiger partial charge in [0.15, 0.2) is 0 Å². The first-order valence-electron chi connectivity index (χ1n) is 11.2. The monoisotopic (exact) mass is 451 g/mol. The number of Topliss-reactive ketones (excluding diaryl/α,β-unsaturated/α-hetero) is 1. The zero-order valence-electron chi connectivity index (χ0n) is 19.0. The maximum atomic E-state index is 13.1. The highest BCUT2D eigenvalue weighted by atomic mass is 16.5. The van der Waals surface area contributed by atoms with Gasteiger partial charge in [-0.15, -0.1) is 0 Å². The third kappa shape index (κ3) is 4.62. The normalized spacial score (nSPS) is 21.0. The minimum atomic E-state index is -0.774. The van der Waals surface area contributed by atoms with E-state index >= 15 is 0 Å². The van der Waals surface area contributed by atoms with Crippen molar-refractivity contribution in [2.45, 2.75) is 26.3 Å². The number of pyridine rings is 1. The van der Waals surface area contributed by atoms with Crippen molar-refractivity contribution in [1.29, 1.82) is 0 Å². The van der Waals surface area contributed by atoms with Gasteiger partial charge in [0, 0.05) is 38.6 Å². The van der Waals surface area contributed by atoms with Crippen molar-refractivity contribution in [3.05, 3.63) is 64.5 Å². The average molecular weight is 452 g/mol. The highest BCUT2D eigenvalue weighted by Crippen LogP contribution is 2.41. The fraction of sp³-hybridized carbons (Fsp3) is 0.400. The number of benzene rings is 1. The number of carbonyl (C=O) groups is 2. The van der Waals surface area contributed by atoms with E-state index in [0.717, 1.165) is 30.8 Å². The molecule has 33 heavy (non-hydrogen) atoms. The molecule has 174 valence electrons. The number of nitrogens with zero attached hydrogens (tertiary/aromatic N) is 3. The topological polar surface area (TPSA) is 103 Å². The Morgan fingerprint density at radius 2 is 1.88 bits per heavy atom. The summed E-state index contributed by atoms with van der Waals surface area (Å²) in [6.07, 6.45) is 3.89. The summed E-state index contributed by atoms with van der Waals surface area (Å²) < 4.78 is 5.38. The lowest BCUT2D eigenvalue weighted by atomic mass is 9.94. The first-order valence-corrected chi connectivity index (χ1v) is 11.2. The van der Waals surface area contributed by atoms with Gasteiger partial charge in [-0.05, 0) is 55.2 Å². The molecule has 8 heteroatoms. The van der Waals surface area contributed by atoms with Crippen LogP contribution in [0.4, 0.5) is 0 Å². The van der Waals surface area contributed by atoms with Gasteiger partial charge >= 0.3 is 0 Å². The number of aromatic nitrogens is 1. The van der Waals surface area contributed by atoms with Crippen LogP contribution in [0.1, 0.15) is 34.7 Å². The van der Waals surface area contributed by atoms with Gasteiger partial charge in [0.25, 0.3) is 11.7 Å². The van der Waals surface area contributed by atoms with Crippen molar-refractivity contribution < 1.29 is 24.5 Å². The number of ketones is 1. The van der Waals surface area contributed by atoms with Gasteiger partial charge in [-0.2, -0.15) is 0 Å². The maximum Gasteiger partial charge on any atom is 0.295 e. The Kier molecular flexibility index (Phi) is 6.76. The summed E-state index contributed by atoms with van der Waals surface area (Å²) in [6, 6.07) is 5.92. The van der Waals surface area contributed by atoms with E-state index in [0.29, 0.717) is 31.7 Å². The zero-order valence-corrected chi connectivity index (χ0v) is 19.0. The van der Waals surface area contributed by atoms with Gasteiger partial charge in [-0.1, -0.05) is 6.07 Å². The number of hydrogen-bond acceptors (Lipinski definition) is 7. The van der Waals surface area contributed by atoms with E-state index in [1.54, 1.807) is 36.7 Å². The Bertz CT molecular complexity index is 1080. The second-order valence-corrected chi connectivity index (χ2v) is 8.54. The molecule has 2 saturated heterocycles. The molecule has 1 unspecified atom stereocenters. The van der Waals surface area contributed by atoms with E-state index in [9.17, 15) is 19.8 Å². The smallest absolute Gasteiger partial charge is 0.295 e. The van der Waals surface area contributed by atoms with Gasteiger partial charge in [-0.25, -0.2) is 0 Å². The summed E-state index contributed by atoms with van der Waals surface area (Å²) in [5.74, 6) is -1.93. The van der Waals surface area contributed by atoms with Crippen LogP contribution in [-0.4, -0.2) is 76.1 Å². The molecule has 2 aromatic rings. The Labute approximate surface area is 193 Å². The molecule has 1 aromatic heterocycles. The number of rotatable bonds is 6. The van der Waals surface area contributed by atoms with Gasteiger partial charge < -0.3 is 19.8 Å². The number of aliphatic hydroxyl groups is 1. The number of carbonyl (C=O) groups excluding carboxylic acids is 2. The minimum Gasteiger partial charge on any atom is -0.507 e. The number of aliphatic hydroxyl groups excluding tert-OH is 1. The molecule has 8 nitrogen and oxygen atoms in total. The number of likely N-dealkylation sites (tertiary alicyclic amines) is 1. The summed E-state index contributed by atoms with van der Waals surface area (Å²) in [5.41, 5.74) is 2.45. The van der Waals surface area contributed by atoms with E-state index in [1.807, 2.05) is 13.8 Å². The molecule has 0 aliphatic carbocycles. The Hall–Kier alpha value is -3.23. The lowest BCUT2D eigenvalue weighted by molar-refractivity contribution is -0.140. The SMILES string of the molecule is Cc1cc(O)c(/C(O)=C2\C(=O)C(=O)N(CCCN3CCOCC3)C2c2cccnc2)cc1C. The summed E-state index contributed by atoms with van der Waals surface area (Å²) in [7, 11) is 0. The van der Waals surface area contributed by atoms with E-state index in [2.05, 4.69) is 9.88 Å². The maximum absolute atomic E-state index is 13.1. The highest BCUT2D eigenvalue weighted by Gasteiger charge is 2.46. The van der Waals surface area contributed by atoms with Gasteiger partial charge in [0.05, 0.1) is 30.4 Å². The molecule has 1 atom stereocenters. The highest BCUT2D eigenvalue weighted by molar-refractivity contribution is 6.46. The van der Waals surface area contributed by atoms with Crippen molar-refractivity contribution >= 4 is 17.4 Å². The molecular weight excluding hydrogens is 422 g/mol. The van der Waals surface area contributed by atoms with Gasteiger partial charge in [0.2, 0.25) is 0 Å². The fourth-order valence-electron chi connectivity index (χ4n) is 4.42. The molecule has 2 N–H and O–H groups in total. The van der Waals surface area contributed by atoms with E-state index in [4.69, 9.17) is 4.74 Å². The number of phenols is 1. The van der Waals surface area contributed by atoms with Crippen molar-refractivity contribution in [2.75, 3.05) is 39.4 Å². The molecule has 0 bridgehead atoms. The van der Waals surface area contributed by atoms with Crippen molar-refractivity contribution in [1.82, 2.24) is 14.8 Å². The molecule has 0 saturated carbocycles. The van der Waals surface area contributed by atoms with Crippen LogP contribution in [0.15, 0.2) is 42.2 Å². The molecule has 2 fully saturated rings. The molecule has 4 rings (SSSR count). The number of aromatic hydroxyl groups is 1. The van der Waals surface area contributed by atoms with Crippen LogP contribution in [0.25, 0.3) is 5.76 Å². The first-order chi connectivity index (χ1) is 15.9. The third-order valence-corrected chi connectivity index (χ3v) is 6.38. The van der Waals surface area contributed by atoms with E-state index < -0.39 is 17.7 Å². The molecule has 1 amide bonds. The van der Waals surface area contributed by atoms with Crippen LogP contribution >= 0.6 is 0 Å². The molecule has 3 heterocycles. The number of amides is 1. The molecular formula is C25H29N3O5. The van der Waals surface area contributed by atoms with E-state index in [1.165, 1.54) is 4.90 Å². The van der Waals surface area contributed by atoms with Crippen LogP contribution in [0.5, 0.6) is 5.75 Å². The second-order valence-electron chi connectivity index (χ2n) is 8.54. The lowest BCUT2D eigenvalue weighted by Gasteiger charge is -2.29. The Morgan fingerprint density at radius 3 is 2.58 bits per heavy atom. The average Bonchev–Trinajstić information content (AvgIpc) is 3.07. The van der Waals surface area contributed by atoms with Gasteiger partial charge in [0.1, 0.15) is 11.5 Å². The lowest BCUT2D eigenvalue weighted by Crippen LogP contribution is -2.39. The van der Waals surface area contributed by atoms with Crippen molar-refractivity contribution in [3.63, 3.8) is 0 Å². The molecule has 1 aromatic carbocycles. The van der Waals surface area contributed by atoms with Crippen LogP contribution in [0.2, 0.25) is 0 Å². The summed E-state index contributed by atoms with van der Waals surface area (Å²) >= 11 is 0. The summed E-state index contributed by atoms with van der Waals surface area (Å²) in [6.45, 7) is 7.92. The number of phenolic OH excluding ortho intramolecular Hbond substituents is 1. The van der Waals surface area contributed by atoms with Crippen molar-refractivity contribution in [3.8, 4) is 5.75 Å². The third-order valence-electron chi connectivity index (χ3n) is 6.38. The minimum absolute atomic E-state index is 0.0297. The second kappa shape index (κ2) is 9.72. The standard InChI is InChI=1S/C25H29N3O5/c1-16-13-19(20(29)14-17(16)2)23(30)21-22(18-5-3-6-26-15-18)28(25(32)24(21)31)8-4-7-27-9-11-33-12-10-27/h3,5-6,13-15,22,29-30H,4,7-12H2,1-2H3/b23-21+. The van der Waals surface area contributed by atoms with Gasteiger partial charge in [-0.3, -0.25) is 19.5 Å². The Balaban J connectivity index is 1.70. The predicted octanol–water partition coefficient (Wildman–Crippen LogP) is 2.55. The number of aryl methyl sites for hydroxylation is 2.